The van der Waals surface area contributed by atoms with Crippen LogP contribution in [0.3, 0.4) is 0 Å². The average Bonchev–Trinajstić information content (AvgIpc) is 3.10. The number of aromatic amines is 1. The van der Waals surface area contributed by atoms with Crippen molar-refractivity contribution in [2.75, 3.05) is 46.4 Å². The lowest BCUT2D eigenvalue weighted by atomic mass is 10.2. The molecule has 0 unspecified atom stereocenters. The van der Waals surface area contributed by atoms with Crippen LogP contribution in [0, 0.1) is 0 Å². The van der Waals surface area contributed by atoms with Crippen LogP contribution in [0.2, 0.25) is 0 Å². The van der Waals surface area contributed by atoms with E-state index in [0.717, 1.165) is 36.3 Å². The van der Waals surface area contributed by atoms with Gasteiger partial charge in [-0.2, -0.15) is 0 Å². The predicted octanol–water partition coefficient (Wildman–Crippen LogP) is 2.46. The molecule has 2 amide bonds. The molecule has 158 valence electrons. The largest absolute Gasteiger partial charge is 0.497 e. The zero-order chi connectivity index (χ0) is 21.0. The molecule has 1 saturated heterocycles. The summed E-state index contributed by atoms with van der Waals surface area (Å²) >= 11 is 0. The van der Waals surface area contributed by atoms with Crippen LogP contribution in [0.15, 0.2) is 24.3 Å². The van der Waals surface area contributed by atoms with E-state index in [0.29, 0.717) is 25.3 Å². The van der Waals surface area contributed by atoms with Crippen LogP contribution in [-0.2, 0) is 4.74 Å². The Balaban J connectivity index is 1.43. The van der Waals surface area contributed by atoms with E-state index in [4.69, 9.17) is 9.47 Å². The molecule has 0 spiro atoms. The van der Waals surface area contributed by atoms with Crippen molar-refractivity contribution < 1.29 is 19.1 Å². The Labute approximate surface area is 171 Å². The van der Waals surface area contributed by atoms with Gasteiger partial charge in [-0.3, -0.25) is 9.69 Å². The number of amides is 2. The van der Waals surface area contributed by atoms with Gasteiger partial charge in [-0.1, -0.05) is 0 Å². The van der Waals surface area contributed by atoms with E-state index < -0.39 is 5.60 Å². The Morgan fingerprint density at radius 2 is 1.86 bits per heavy atom. The van der Waals surface area contributed by atoms with Gasteiger partial charge in [0.25, 0.3) is 5.91 Å². The predicted molar refractivity (Wildman–Crippen MR) is 111 cm³/mol. The van der Waals surface area contributed by atoms with Crippen molar-refractivity contribution in [2.45, 2.75) is 26.4 Å². The van der Waals surface area contributed by atoms with Gasteiger partial charge in [0, 0.05) is 56.2 Å². The first-order valence-electron chi connectivity index (χ1n) is 9.90. The molecule has 3 rings (SSSR count). The molecule has 1 aliphatic rings. The first-order chi connectivity index (χ1) is 13.7. The molecule has 2 aromatic rings. The number of carbonyl (C=O) groups excluding carboxylic acids is 2. The van der Waals surface area contributed by atoms with E-state index in [1.807, 2.05) is 45.0 Å². The van der Waals surface area contributed by atoms with Gasteiger partial charge < -0.3 is 24.7 Å². The number of nitrogens with one attached hydrogen (secondary N) is 2. The van der Waals surface area contributed by atoms with Crippen molar-refractivity contribution in [1.29, 1.82) is 0 Å². The highest BCUT2D eigenvalue weighted by molar-refractivity contribution is 5.98. The fraction of sp³-hybridized carbons (Fsp3) is 0.524. The number of hydrogen-bond acceptors (Lipinski definition) is 5. The number of benzene rings is 1. The minimum absolute atomic E-state index is 0.132. The topological polar surface area (TPSA) is 86.9 Å². The van der Waals surface area contributed by atoms with Gasteiger partial charge in [0.1, 0.15) is 17.0 Å². The summed E-state index contributed by atoms with van der Waals surface area (Å²) in [7, 11) is 1.62. The minimum Gasteiger partial charge on any atom is -0.497 e. The molecule has 1 aromatic heterocycles. The molecular formula is C21H30N4O4. The number of ether oxygens (including phenoxy) is 2. The van der Waals surface area contributed by atoms with Gasteiger partial charge in [0.15, 0.2) is 0 Å². The van der Waals surface area contributed by atoms with Crippen molar-refractivity contribution in [3.05, 3.63) is 30.0 Å². The third-order valence-corrected chi connectivity index (χ3v) is 4.81. The number of carbonyl (C=O) groups is 2. The monoisotopic (exact) mass is 402 g/mol. The molecule has 0 atom stereocenters. The van der Waals surface area contributed by atoms with Crippen LogP contribution in [-0.4, -0.2) is 78.8 Å². The van der Waals surface area contributed by atoms with E-state index >= 15 is 0 Å². The Hall–Kier alpha value is -2.74. The molecule has 0 radical (unpaired) electrons. The van der Waals surface area contributed by atoms with Crippen molar-refractivity contribution in [1.82, 2.24) is 20.1 Å². The normalized spacial score (nSPS) is 15.4. The second kappa shape index (κ2) is 8.73. The molecule has 1 aliphatic heterocycles. The minimum atomic E-state index is -0.480. The Bertz CT molecular complexity index is 863. The van der Waals surface area contributed by atoms with Crippen molar-refractivity contribution in [3.63, 3.8) is 0 Å². The first-order valence-corrected chi connectivity index (χ1v) is 9.90. The summed E-state index contributed by atoms with van der Waals surface area (Å²) in [4.78, 5) is 31.6. The second-order valence-corrected chi connectivity index (χ2v) is 8.20. The summed E-state index contributed by atoms with van der Waals surface area (Å²) in [5, 5.41) is 3.92. The number of aromatic nitrogens is 1. The maximum Gasteiger partial charge on any atom is 0.410 e. The maximum atomic E-state index is 12.4. The lowest BCUT2D eigenvalue weighted by molar-refractivity contribution is 0.0147. The summed E-state index contributed by atoms with van der Waals surface area (Å²) in [6, 6.07) is 7.50. The van der Waals surface area contributed by atoms with Crippen molar-refractivity contribution in [2.24, 2.45) is 0 Å². The summed E-state index contributed by atoms with van der Waals surface area (Å²) in [5.74, 6) is 0.615. The fourth-order valence-corrected chi connectivity index (χ4v) is 3.26. The maximum absolute atomic E-state index is 12.4. The van der Waals surface area contributed by atoms with Crippen LogP contribution < -0.4 is 10.1 Å². The summed E-state index contributed by atoms with van der Waals surface area (Å²) in [6.45, 7) is 9.68. The molecule has 2 heterocycles. The quantitative estimate of drug-likeness (QED) is 0.802. The van der Waals surface area contributed by atoms with E-state index in [-0.39, 0.29) is 12.0 Å². The van der Waals surface area contributed by atoms with E-state index in [1.54, 1.807) is 12.0 Å². The number of nitrogens with zero attached hydrogens (tertiary/aromatic N) is 2. The average molecular weight is 402 g/mol. The summed E-state index contributed by atoms with van der Waals surface area (Å²) in [6.07, 6.45) is -0.263. The van der Waals surface area contributed by atoms with Gasteiger partial charge in [-0.15, -0.1) is 0 Å². The van der Waals surface area contributed by atoms with Gasteiger partial charge in [0.05, 0.1) is 7.11 Å². The fourth-order valence-electron chi connectivity index (χ4n) is 3.26. The molecule has 0 bridgehead atoms. The Morgan fingerprint density at radius 1 is 1.14 bits per heavy atom. The van der Waals surface area contributed by atoms with Crippen LogP contribution >= 0.6 is 0 Å². The van der Waals surface area contributed by atoms with Crippen molar-refractivity contribution in [3.8, 4) is 5.75 Å². The number of rotatable bonds is 5. The van der Waals surface area contributed by atoms with Gasteiger partial charge in [-0.05, 0) is 39.0 Å². The Kier molecular flexibility index (Phi) is 6.32. The van der Waals surface area contributed by atoms with Crippen LogP contribution in [0.1, 0.15) is 31.3 Å². The van der Waals surface area contributed by atoms with Crippen LogP contribution in [0.5, 0.6) is 5.75 Å². The number of piperazine rings is 1. The van der Waals surface area contributed by atoms with Crippen molar-refractivity contribution >= 4 is 22.9 Å². The number of hydrogen-bond donors (Lipinski definition) is 2. The van der Waals surface area contributed by atoms with E-state index in [2.05, 4.69) is 15.2 Å². The molecule has 2 N–H and O–H groups in total. The smallest absolute Gasteiger partial charge is 0.410 e. The molecule has 0 aliphatic carbocycles. The van der Waals surface area contributed by atoms with E-state index in [1.165, 1.54) is 0 Å². The van der Waals surface area contributed by atoms with Gasteiger partial charge in [-0.25, -0.2) is 4.79 Å². The third kappa shape index (κ3) is 5.63. The molecule has 1 fully saturated rings. The molecule has 1 aromatic carbocycles. The highest BCUT2D eigenvalue weighted by Gasteiger charge is 2.25. The lowest BCUT2D eigenvalue weighted by Crippen LogP contribution is -2.51. The SMILES string of the molecule is COc1ccc2cc(C(=O)NCCN3CCN(C(=O)OC(C)(C)C)CC3)[nH]c2c1. The molecule has 29 heavy (non-hydrogen) atoms. The zero-order valence-electron chi connectivity index (χ0n) is 17.6. The lowest BCUT2D eigenvalue weighted by Gasteiger charge is -2.35. The summed E-state index contributed by atoms with van der Waals surface area (Å²) < 4.78 is 10.6. The van der Waals surface area contributed by atoms with Crippen LogP contribution in [0.25, 0.3) is 10.9 Å². The standard InChI is InChI=1S/C21H30N4O4/c1-21(2,3)29-20(27)25-11-9-24(10-12-25)8-7-22-19(26)18-13-15-5-6-16(28-4)14-17(15)23-18/h5-6,13-14,23H,7-12H2,1-4H3,(H,22,26). The Morgan fingerprint density at radius 3 is 2.52 bits per heavy atom. The van der Waals surface area contributed by atoms with Gasteiger partial charge in [0.2, 0.25) is 0 Å². The highest BCUT2D eigenvalue weighted by Crippen LogP contribution is 2.21. The first kappa shape index (κ1) is 21.0. The zero-order valence-corrected chi connectivity index (χ0v) is 17.6. The molecule has 8 heteroatoms. The van der Waals surface area contributed by atoms with Gasteiger partial charge >= 0.3 is 6.09 Å². The number of fused-ring (bicyclic) bond motifs is 1. The van der Waals surface area contributed by atoms with Crippen LogP contribution in [0.4, 0.5) is 4.79 Å². The summed E-state index contributed by atoms with van der Waals surface area (Å²) in [5.41, 5.74) is 0.919. The molecular weight excluding hydrogens is 372 g/mol. The molecule has 8 nitrogen and oxygen atoms in total. The number of H-pyrrole nitrogens is 1. The highest BCUT2D eigenvalue weighted by atomic mass is 16.6. The van der Waals surface area contributed by atoms with E-state index in [9.17, 15) is 9.59 Å². The second-order valence-electron chi connectivity index (χ2n) is 8.20. The molecule has 0 saturated carbocycles. The number of methoxy groups -OCH3 is 1. The third-order valence-electron chi connectivity index (χ3n) is 4.81.